The lowest BCUT2D eigenvalue weighted by Gasteiger charge is -2.00. The van der Waals surface area contributed by atoms with Gasteiger partial charge in [-0.15, -0.1) is 0 Å². The smallest absolute Gasteiger partial charge is 0.380 e. The van der Waals surface area contributed by atoms with Crippen molar-refractivity contribution in [2.45, 2.75) is 0 Å². The van der Waals surface area contributed by atoms with Gasteiger partial charge in [-0.1, -0.05) is 0 Å². The zero-order valence-electron chi connectivity index (χ0n) is 8.57. The quantitative estimate of drug-likeness (QED) is 0.148. The van der Waals surface area contributed by atoms with Gasteiger partial charge in [0.05, 0.1) is 0 Å². The largest absolute Gasteiger partial charge is 0.475 e. The molecule has 0 aliphatic heterocycles. The molecule has 0 aromatic rings. The third-order valence-electron chi connectivity index (χ3n) is 1.36. The molecule has 0 aliphatic rings. The highest BCUT2D eigenvalue weighted by atomic mass is 17.2. The lowest BCUT2D eigenvalue weighted by atomic mass is 10.3. The Bertz CT molecular complexity index is 380. The van der Waals surface area contributed by atoms with Gasteiger partial charge in [-0.25, -0.2) is 19.4 Å². The van der Waals surface area contributed by atoms with E-state index in [-0.39, 0.29) is 0 Å². The number of hydrogen-bond donors (Lipinski definition) is 2. The number of aliphatic carboxylic acids is 2. The van der Waals surface area contributed by atoms with E-state index in [9.17, 15) is 28.8 Å². The van der Waals surface area contributed by atoms with Crippen molar-refractivity contribution in [3.05, 3.63) is 0 Å². The highest BCUT2D eigenvalue weighted by Gasteiger charge is 2.24. The number of ketones is 4. The van der Waals surface area contributed by atoms with Crippen molar-refractivity contribution in [1.29, 1.82) is 0 Å². The first kappa shape index (κ1) is 15.5. The lowest BCUT2D eigenvalue weighted by Crippen LogP contribution is -2.29. The van der Waals surface area contributed by atoms with Gasteiger partial charge in [0.2, 0.25) is 11.6 Å². The average molecular weight is 262 g/mol. The molecule has 0 unspecified atom stereocenters. The SMILES string of the molecule is O=C(O)C(=O)C(=O)COOCC(=O)C(=O)C(=O)O. The van der Waals surface area contributed by atoms with E-state index in [1.54, 1.807) is 0 Å². The van der Waals surface area contributed by atoms with E-state index >= 15 is 0 Å². The minimum absolute atomic E-state index is 1.08. The standard InChI is InChI=1S/C8H6O10/c9-3(5(11)7(13)14)1-17-18-2-4(10)6(12)8(15)16/h1-2H2,(H,13,14)(H,15,16). The molecule has 0 bridgehead atoms. The van der Waals surface area contributed by atoms with Gasteiger partial charge in [0.1, 0.15) is 13.2 Å². The van der Waals surface area contributed by atoms with Crippen molar-refractivity contribution < 1.29 is 48.8 Å². The Labute approximate surface area is 98.0 Å². The van der Waals surface area contributed by atoms with Crippen molar-refractivity contribution in [3.8, 4) is 0 Å². The minimum atomic E-state index is -1.99. The molecular weight excluding hydrogens is 256 g/mol. The van der Waals surface area contributed by atoms with Crippen LogP contribution in [0.15, 0.2) is 0 Å². The highest BCUT2D eigenvalue weighted by molar-refractivity contribution is 6.62. The molecule has 0 aliphatic carbocycles. The zero-order valence-corrected chi connectivity index (χ0v) is 8.57. The Kier molecular flexibility index (Phi) is 6.03. The first-order valence-electron chi connectivity index (χ1n) is 4.12. The Hall–Kier alpha value is -2.46. The summed E-state index contributed by atoms with van der Waals surface area (Å²) in [4.78, 5) is 70.3. The van der Waals surface area contributed by atoms with Gasteiger partial charge in [-0.2, -0.15) is 0 Å². The summed E-state index contributed by atoms with van der Waals surface area (Å²) in [7, 11) is 0. The monoisotopic (exact) mass is 262 g/mol. The van der Waals surface area contributed by atoms with Gasteiger partial charge in [0.25, 0.3) is 0 Å². The Morgan fingerprint density at radius 2 is 0.944 bits per heavy atom. The molecule has 0 saturated carbocycles. The lowest BCUT2D eigenvalue weighted by molar-refractivity contribution is -0.282. The van der Waals surface area contributed by atoms with E-state index in [1.165, 1.54) is 0 Å². The second-order valence-electron chi connectivity index (χ2n) is 2.64. The second kappa shape index (κ2) is 6.98. The highest BCUT2D eigenvalue weighted by Crippen LogP contribution is 1.86. The summed E-state index contributed by atoms with van der Waals surface area (Å²) in [5, 5.41) is 16.2. The van der Waals surface area contributed by atoms with Crippen LogP contribution in [-0.4, -0.2) is 58.5 Å². The molecule has 98 valence electrons. The predicted octanol–water partition coefficient (Wildman–Crippen LogP) is -2.62. The summed E-state index contributed by atoms with van der Waals surface area (Å²) in [5.74, 6) is -10.3. The van der Waals surface area contributed by atoms with E-state index in [4.69, 9.17) is 10.2 Å². The van der Waals surface area contributed by atoms with E-state index < -0.39 is 48.3 Å². The van der Waals surface area contributed by atoms with Crippen LogP contribution < -0.4 is 0 Å². The second-order valence-corrected chi connectivity index (χ2v) is 2.64. The van der Waals surface area contributed by atoms with Crippen LogP contribution in [0.25, 0.3) is 0 Å². The maximum absolute atomic E-state index is 10.7. The molecule has 0 saturated heterocycles. The molecule has 0 heterocycles. The molecule has 0 aromatic heterocycles. The van der Waals surface area contributed by atoms with E-state index in [0.717, 1.165) is 0 Å². The van der Waals surface area contributed by atoms with Crippen molar-refractivity contribution in [2.24, 2.45) is 0 Å². The van der Waals surface area contributed by atoms with E-state index in [2.05, 4.69) is 9.78 Å². The van der Waals surface area contributed by atoms with Crippen molar-refractivity contribution in [1.82, 2.24) is 0 Å². The van der Waals surface area contributed by atoms with Gasteiger partial charge in [-0.3, -0.25) is 19.2 Å². The van der Waals surface area contributed by atoms with Gasteiger partial charge in [0, 0.05) is 0 Å². The van der Waals surface area contributed by atoms with Crippen molar-refractivity contribution in [3.63, 3.8) is 0 Å². The van der Waals surface area contributed by atoms with Crippen LogP contribution in [0.2, 0.25) is 0 Å². The normalized spacial score (nSPS) is 9.56. The fraction of sp³-hybridized carbons (Fsp3) is 0.250. The number of carboxylic acid groups (broad SMARTS) is 2. The molecule has 2 N–H and O–H groups in total. The Balaban J connectivity index is 3.95. The molecule has 0 amide bonds. The number of hydrogen-bond acceptors (Lipinski definition) is 8. The molecule has 10 nitrogen and oxygen atoms in total. The molecule has 18 heavy (non-hydrogen) atoms. The number of carboxylic acids is 2. The van der Waals surface area contributed by atoms with Gasteiger partial charge in [-0.05, 0) is 0 Å². The van der Waals surface area contributed by atoms with Crippen molar-refractivity contribution >= 4 is 35.1 Å². The maximum Gasteiger partial charge on any atom is 0.380 e. The predicted molar refractivity (Wildman–Crippen MR) is 47.2 cm³/mol. The zero-order chi connectivity index (χ0) is 14.3. The van der Waals surface area contributed by atoms with Crippen LogP contribution in [0.5, 0.6) is 0 Å². The third-order valence-corrected chi connectivity index (χ3v) is 1.36. The summed E-state index contributed by atoms with van der Waals surface area (Å²) in [6, 6.07) is 0. The average Bonchev–Trinajstić information content (AvgIpc) is 2.31. The Morgan fingerprint density at radius 3 is 1.17 bits per heavy atom. The van der Waals surface area contributed by atoms with Gasteiger partial charge in [0.15, 0.2) is 0 Å². The van der Waals surface area contributed by atoms with Crippen LogP contribution in [0.3, 0.4) is 0 Å². The first-order chi connectivity index (χ1) is 8.27. The minimum Gasteiger partial charge on any atom is -0.475 e. The summed E-state index contributed by atoms with van der Waals surface area (Å²) in [6.45, 7) is -2.17. The molecule has 10 heteroatoms. The maximum atomic E-state index is 10.7. The summed E-state index contributed by atoms with van der Waals surface area (Å²) < 4.78 is 0. The van der Waals surface area contributed by atoms with Crippen LogP contribution in [-0.2, 0) is 38.5 Å². The van der Waals surface area contributed by atoms with Crippen LogP contribution in [0.4, 0.5) is 0 Å². The summed E-state index contributed by atoms with van der Waals surface area (Å²) >= 11 is 0. The number of carbonyl (C=O) groups excluding carboxylic acids is 4. The Morgan fingerprint density at radius 1 is 0.667 bits per heavy atom. The molecule has 0 radical (unpaired) electrons. The first-order valence-corrected chi connectivity index (χ1v) is 4.12. The van der Waals surface area contributed by atoms with Crippen LogP contribution in [0.1, 0.15) is 0 Å². The van der Waals surface area contributed by atoms with Crippen LogP contribution >= 0.6 is 0 Å². The number of carbonyl (C=O) groups is 6. The fourth-order valence-electron chi connectivity index (χ4n) is 0.560. The van der Waals surface area contributed by atoms with E-state index in [0.29, 0.717) is 0 Å². The molecule has 0 fully saturated rings. The van der Waals surface area contributed by atoms with Gasteiger partial charge < -0.3 is 10.2 Å². The molecule has 0 rings (SSSR count). The summed E-state index contributed by atoms with van der Waals surface area (Å²) in [6.07, 6.45) is 0. The summed E-state index contributed by atoms with van der Waals surface area (Å²) in [5.41, 5.74) is 0. The van der Waals surface area contributed by atoms with Crippen molar-refractivity contribution in [2.75, 3.05) is 13.2 Å². The fourth-order valence-corrected chi connectivity index (χ4v) is 0.560. The number of Topliss-reactive ketones (excluding diaryl/α,β-unsaturated/α-hetero) is 4. The number of rotatable bonds is 9. The molecular formula is C8H6O10. The molecule has 0 spiro atoms. The van der Waals surface area contributed by atoms with Gasteiger partial charge >= 0.3 is 23.5 Å². The van der Waals surface area contributed by atoms with Crippen LogP contribution in [0, 0.1) is 0 Å². The van der Waals surface area contributed by atoms with E-state index in [1.807, 2.05) is 0 Å². The molecule has 0 aromatic carbocycles. The third kappa shape index (κ3) is 5.05. The molecule has 0 atom stereocenters. The topological polar surface area (TPSA) is 161 Å².